The Morgan fingerprint density at radius 2 is 2.07 bits per heavy atom. The van der Waals surface area contributed by atoms with Crippen molar-refractivity contribution in [2.75, 3.05) is 17.2 Å². The number of benzene rings is 2. The molecule has 5 nitrogen and oxygen atoms in total. The molecule has 2 aromatic carbocycles. The third-order valence-corrected chi connectivity index (χ3v) is 5.98. The first-order valence-corrected chi connectivity index (χ1v) is 9.85. The minimum absolute atomic E-state index is 0.00293. The van der Waals surface area contributed by atoms with Gasteiger partial charge in [0.25, 0.3) is 0 Å². The number of amides is 1. The molecule has 0 bridgehead atoms. The summed E-state index contributed by atoms with van der Waals surface area (Å²) in [5.74, 6) is 0.315. The molecular formula is C21H22N4OS. The molecule has 1 aliphatic rings. The van der Waals surface area contributed by atoms with Crippen molar-refractivity contribution in [3.8, 4) is 10.4 Å². The number of carbonyl (C=O) groups excluding carboxylic acids is 1. The molecule has 4 rings (SSSR count). The number of aromatic nitrogens is 1. The summed E-state index contributed by atoms with van der Waals surface area (Å²) in [5, 5.41) is 7.08. The zero-order chi connectivity index (χ0) is 18.8. The molecule has 0 spiro atoms. The molecule has 2 atom stereocenters. The first-order valence-electron chi connectivity index (χ1n) is 9.03. The van der Waals surface area contributed by atoms with Gasteiger partial charge in [-0.25, -0.2) is 4.98 Å². The van der Waals surface area contributed by atoms with E-state index in [0.29, 0.717) is 13.0 Å². The van der Waals surface area contributed by atoms with Crippen molar-refractivity contribution in [1.82, 2.24) is 4.98 Å². The van der Waals surface area contributed by atoms with Gasteiger partial charge in [-0.3, -0.25) is 4.79 Å². The van der Waals surface area contributed by atoms with E-state index in [2.05, 4.69) is 40.7 Å². The third-order valence-electron chi connectivity index (χ3n) is 4.98. The predicted molar refractivity (Wildman–Crippen MR) is 111 cm³/mol. The molecular weight excluding hydrogens is 356 g/mol. The molecule has 0 aliphatic carbocycles. The SMILES string of the molecule is C[C@@H](c1ccccc1)[C@H](N)CNc1ncc(-c2ccc3c(c2)CC(=O)N3)s1. The number of thiazole rings is 1. The van der Waals surface area contributed by atoms with Crippen LogP contribution >= 0.6 is 11.3 Å². The van der Waals surface area contributed by atoms with E-state index in [0.717, 1.165) is 26.8 Å². The normalized spacial score (nSPS) is 15.1. The predicted octanol–water partition coefficient (Wildman–Crippen LogP) is 3.85. The molecule has 1 aliphatic heterocycles. The van der Waals surface area contributed by atoms with Crippen molar-refractivity contribution in [3.63, 3.8) is 0 Å². The van der Waals surface area contributed by atoms with Crippen molar-refractivity contribution in [3.05, 3.63) is 65.9 Å². The summed E-state index contributed by atoms with van der Waals surface area (Å²) in [7, 11) is 0. The maximum absolute atomic E-state index is 11.5. The van der Waals surface area contributed by atoms with Crippen LogP contribution in [0.5, 0.6) is 0 Å². The van der Waals surface area contributed by atoms with E-state index in [1.54, 1.807) is 11.3 Å². The molecule has 1 amide bonds. The maximum Gasteiger partial charge on any atom is 0.228 e. The fourth-order valence-corrected chi connectivity index (χ4v) is 4.08. The van der Waals surface area contributed by atoms with E-state index in [1.807, 2.05) is 36.5 Å². The lowest BCUT2D eigenvalue weighted by atomic mass is 9.94. The van der Waals surface area contributed by atoms with Gasteiger partial charge in [0.1, 0.15) is 0 Å². The maximum atomic E-state index is 11.5. The Labute approximate surface area is 162 Å². The molecule has 27 heavy (non-hydrogen) atoms. The highest BCUT2D eigenvalue weighted by Crippen LogP contribution is 2.33. The van der Waals surface area contributed by atoms with Crippen LogP contribution in [0.25, 0.3) is 10.4 Å². The summed E-state index contributed by atoms with van der Waals surface area (Å²) < 4.78 is 0. The van der Waals surface area contributed by atoms with Gasteiger partial charge in [-0.05, 0) is 34.7 Å². The second kappa shape index (κ2) is 7.50. The molecule has 0 saturated carbocycles. The average molecular weight is 379 g/mol. The van der Waals surface area contributed by atoms with E-state index in [9.17, 15) is 4.79 Å². The largest absolute Gasteiger partial charge is 0.360 e. The van der Waals surface area contributed by atoms with E-state index >= 15 is 0 Å². The van der Waals surface area contributed by atoms with Crippen molar-refractivity contribution >= 4 is 28.1 Å². The van der Waals surface area contributed by atoms with E-state index in [1.165, 1.54) is 5.56 Å². The minimum atomic E-state index is -0.00293. The summed E-state index contributed by atoms with van der Waals surface area (Å²) in [6, 6.07) is 16.4. The Morgan fingerprint density at radius 3 is 2.89 bits per heavy atom. The van der Waals surface area contributed by atoms with Crippen molar-refractivity contribution in [2.45, 2.75) is 25.3 Å². The highest BCUT2D eigenvalue weighted by atomic mass is 32.1. The smallest absolute Gasteiger partial charge is 0.228 e. The summed E-state index contributed by atoms with van der Waals surface area (Å²) in [6.45, 7) is 2.81. The fraction of sp³-hybridized carbons (Fsp3) is 0.238. The number of nitrogens with one attached hydrogen (secondary N) is 2. The van der Waals surface area contributed by atoms with Crippen molar-refractivity contribution in [1.29, 1.82) is 0 Å². The Kier molecular flexibility index (Phi) is 4.92. The van der Waals surface area contributed by atoms with Crippen LogP contribution < -0.4 is 16.4 Å². The van der Waals surface area contributed by atoms with Crippen LogP contribution in [-0.2, 0) is 11.2 Å². The first-order chi connectivity index (χ1) is 13.1. The van der Waals surface area contributed by atoms with Crippen LogP contribution in [0.3, 0.4) is 0 Å². The zero-order valence-electron chi connectivity index (χ0n) is 15.1. The second-order valence-electron chi connectivity index (χ2n) is 6.87. The molecule has 3 aromatic rings. The van der Waals surface area contributed by atoms with Gasteiger partial charge >= 0.3 is 0 Å². The zero-order valence-corrected chi connectivity index (χ0v) is 15.9. The summed E-state index contributed by atoms with van der Waals surface area (Å²) >= 11 is 1.60. The van der Waals surface area contributed by atoms with Gasteiger partial charge in [-0.2, -0.15) is 0 Å². The summed E-state index contributed by atoms with van der Waals surface area (Å²) in [5.41, 5.74) is 10.6. The lowest BCUT2D eigenvalue weighted by molar-refractivity contribution is -0.115. The Hall–Kier alpha value is -2.70. The standard InChI is InChI=1S/C21H22N4OS/c1-13(14-5-3-2-4-6-14)17(22)11-23-21-24-12-19(27-21)15-7-8-18-16(9-15)10-20(26)25-18/h2-9,12-13,17H,10-11,22H2,1H3,(H,23,24)(H,25,26)/t13-,17+/m0/s1. The summed E-state index contributed by atoms with van der Waals surface area (Å²) in [6.07, 6.45) is 2.31. The van der Waals surface area contributed by atoms with Crippen molar-refractivity contribution in [2.24, 2.45) is 5.73 Å². The number of nitrogens with zero attached hydrogens (tertiary/aromatic N) is 1. The van der Waals surface area contributed by atoms with E-state index < -0.39 is 0 Å². The van der Waals surface area contributed by atoms with Gasteiger partial charge in [0.2, 0.25) is 5.91 Å². The van der Waals surface area contributed by atoms with Gasteiger partial charge in [-0.1, -0.05) is 54.7 Å². The van der Waals surface area contributed by atoms with Gasteiger partial charge < -0.3 is 16.4 Å². The van der Waals surface area contributed by atoms with Crippen LogP contribution in [0.15, 0.2) is 54.7 Å². The third kappa shape index (κ3) is 3.86. The molecule has 6 heteroatoms. The number of rotatable bonds is 6. The minimum Gasteiger partial charge on any atom is -0.360 e. The monoisotopic (exact) mass is 378 g/mol. The van der Waals surface area contributed by atoms with Gasteiger partial charge in [0.05, 0.1) is 11.3 Å². The highest BCUT2D eigenvalue weighted by Gasteiger charge is 2.19. The Bertz CT molecular complexity index is 954. The van der Waals surface area contributed by atoms with Crippen LogP contribution in [0, 0.1) is 0 Å². The van der Waals surface area contributed by atoms with Crippen LogP contribution in [-0.4, -0.2) is 23.5 Å². The Morgan fingerprint density at radius 1 is 1.26 bits per heavy atom. The molecule has 4 N–H and O–H groups in total. The number of fused-ring (bicyclic) bond motifs is 1. The molecule has 138 valence electrons. The number of hydrogen-bond donors (Lipinski definition) is 3. The quantitative estimate of drug-likeness (QED) is 0.609. The molecule has 0 radical (unpaired) electrons. The molecule has 1 aromatic heterocycles. The highest BCUT2D eigenvalue weighted by molar-refractivity contribution is 7.18. The van der Waals surface area contributed by atoms with Gasteiger partial charge in [0, 0.05) is 24.5 Å². The average Bonchev–Trinajstić information content (AvgIpc) is 3.31. The van der Waals surface area contributed by atoms with Crippen LogP contribution in [0.4, 0.5) is 10.8 Å². The second-order valence-corrected chi connectivity index (χ2v) is 7.90. The van der Waals surface area contributed by atoms with E-state index in [4.69, 9.17) is 5.73 Å². The lowest BCUT2D eigenvalue weighted by Gasteiger charge is -2.20. The van der Waals surface area contributed by atoms with Gasteiger partial charge in [0.15, 0.2) is 5.13 Å². The Balaban J connectivity index is 1.40. The lowest BCUT2D eigenvalue weighted by Crippen LogP contribution is -2.34. The van der Waals surface area contributed by atoms with Crippen LogP contribution in [0.1, 0.15) is 24.0 Å². The van der Waals surface area contributed by atoms with E-state index in [-0.39, 0.29) is 17.9 Å². The number of carbonyl (C=O) groups is 1. The van der Waals surface area contributed by atoms with Gasteiger partial charge in [-0.15, -0.1) is 0 Å². The molecule has 2 heterocycles. The molecule has 0 unspecified atom stereocenters. The number of hydrogen-bond acceptors (Lipinski definition) is 5. The van der Waals surface area contributed by atoms with Crippen molar-refractivity contribution < 1.29 is 4.79 Å². The number of anilines is 2. The molecule has 0 saturated heterocycles. The summed E-state index contributed by atoms with van der Waals surface area (Å²) in [4.78, 5) is 17.1. The first kappa shape index (κ1) is 17.7. The number of nitrogens with two attached hydrogens (primary N) is 1. The topological polar surface area (TPSA) is 80.0 Å². The fourth-order valence-electron chi connectivity index (χ4n) is 3.26. The molecule has 0 fully saturated rings. The van der Waals surface area contributed by atoms with Crippen LogP contribution in [0.2, 0.25) is 0 Å².